The Labute approximate surface area is 237 Å². The third kappa shape index (κ3) is 4.63. The third-order valence-electron chi connectivity index (χ3n) is 12.0. The molecule has 3 amide bonds. The number of urea groups is 1. The Morgan fingerprint density at radius 1 is 0.923 bits per heavy atom. The van der Waals surface area contributed by atoms with Gasteiger partial charge in [0.05, 0.1) is 16.0 Å². The van der Waals surface area contributed by atoms with E-state index in [1.54, 1.807) is 32.7 Å². The zero-order valence-corrected chi connectivity index (χ0v) is 26.4. The summed E-state index contributed by atoms with van der Waals surface area (Å²) < 4.78 is 25.9. The van der Waals surface area contributed by atoms with Crippen LogP contribution in [0, 0.1) is 23.2 Å². The van der Waals surface area contributed by atoms with Crippen molar-refractivity contribution in [1.29, 1.82) is 0 Å². The van der Waals surface area contributed by atoms with E-state index in [0.717, 1.165) is 64.3 Å². The number of amides is 3. The van der Waals surface area contributed by atoms with Crippen LogP contribution in [-0.4, -0.2) is 70.9 Å². The summed E-state index contributed by atoms with van der Waals surface area (Å²) >= 11 is 0. The summed E-state index contributed by atoms with van der Waals surface area (Å²) in [5.41, 5.74) is -1.43. The Hall–Kier alpha value is -1.31. The maximum atomic E-state index is 14.6. The van der Waals surface area contributed by atoms with Gasteiger partial charge in [-0.25, -0.2) is 13.2 Å². The Morgan fingerprint density at radius 3 is 2.03 bits per heavy atom. The summed E-state index contributed by atoms with van der Waals surface area (Å²) in [5.74, 6) is 1.30. The molecule has 5 aliphatic rings. The zero-order chi connectivity index (χ0) is 28.6. The van der Waals surface area contributed by atoms with Crippen LogP contribution < -0.4 is 5.32 Å². The van der Waals surface area contributed by atoms with Crippen molar-refractivity contribution in [3.8, 4) is 0 Å². The van der Waals surface area contributed by atoms with Gasteiger partial charge in [0.2, 0.25) is 5.91 Å². The normalized spacial score (nSPS) is 30.8. The first-order valence-corrected chi connectivity index (χ1v) is 17.3. The summed E-state index contributed by atoms with van der Waals surface area (Å²) in [5, 5.41) is 3.30. The lowest BCUT2D eigenvalue weighted by Crippen LogP contribution is -2.68. The molecule has 4 aliphatic carbocycles. The number of likely N-dealkylation sites (tertiary alicyclic amines) is 1. The molecular formula is C31H53N3O4S. The first-order chi connectivity index (χ1) is 18.0. The van der Waals surface area contributed by atoms with Crippen molar-refractivity contribution >= 4 is 21.8 Å². The van der Waals surface area contributed by atoms with Crippen LogP contribution in [0.25, 0.3) is 0 Å². The minimum absolute atomic E-state index is 0.0107. The smallest absolute Gasteiger partial charge is 0.318 e. The molecule has 0 aromatic carbocycles. The van der Waals surface area contributed by atoms with Crippen LogP contribution in [0.4, 0.5) is 4.79 Å². The quantitative estimate of drug-likeness (QED) is 0.460. The molecular weight excluding hydrogens is 510 g/mol. The van der Waals surface area contributed by atoms with Crippen LogP contribution in [0.5, 0.6) is 0 Å². The van der Waals surface area contributed by atoms with Gasteiger partial charge < -0.3 is 15.1 Å². The highest BCUT2D eigenvalue weighted by molar-refractivity contribution is 7.92. The summed E-state index contributed by atoms with van der Waals surface area (Å²) in [4.78, 5) is 32.6. The van der Waals surface area contributed by atoms with Crippen molar-refractivity contribution in [1.82, 2.24) is 15.1 Å². The van der Waals surface area contributed by atoms with Gasteiger partial charge in [0, 0.05) is 19.1 Å². The maximum absolute atomic E-state index is 14.6. The van der Waals surface area contributed by atoms with Crippen molar-refractivity contribution in [3.05, 3.63) is 0 Å². The summed E-state index contributed by atoms with van der Waals surface area (Å²) in [6, 6.07) is -0.294. The van der Waals surface area contributed by atoms with Crippen LogP contribution in [0.15, 0.2) is 0 Å². The molecule has 0 radical (unpaired) electrons. The van der Waals surface area contributed by atoms with Gasteiger partial charge in [-0.2, -0.15) is 0 Å². The van der Waals surface area contributed by atoms with Gasteiger partial charge in [-0.3, -0.25) is 4.79 Å². The van der Waals surface area contributed by atoms with Crippen molar-refractivity contribution in [2.45, 2.75) is 140 Å². The lowest BCUT2D eigenvalue weighted by atomic mass is 9.74. The fourth-order valence-corrected chi connectivity index (χ4v) is 10.5. The highest BCUT2D eigenvalue weighted by Gasteiger charge is 2.78. The molecule has 1 aliphatic heterocycles. The van der Waals surface area contributed by atoms with E-state index in [2.05, 4.69) is 24.1 Å². The number of fused-ring (bicyclic) bond motifs is 2. The zero-order valence-electron chi connectivity index (χ0n) is 25.6. The number of carbonyl (C=O) groups is 2. The molecule has 5 rings (SSSR count). The fourth-order valence-electron chi connectivity index (χ4n) is 8.86. The second-order valence-corrected chi connectivity index (χ2v) is 18.4. The number of carbonyl (C=O) groups excluding carboxylic acids is 2. The number of sulfone groups is 1. The Morgan fingerprint density at radius 2 is 1.49 bits per heavy atom. The molecule has 3 atom stereocenters. The molecule has 0 aromatic rings. The predicted molar refractivity (Wildman–Crippen MR) is 155 cm³/mol. The Kier molecular flexibility index (Phi) is 7.00. The van der Waals surface area contributed by atoms with Crippen LogP contribution >= 0.6 is 0 Å². The first-order valence-electron chi connectivity index (χ1n) is 15.6. The summed E-state index contributed by atoms with van der Waals surface area (Å²) in [7, 11) is -1.68. The maximum Gasteiger partial charge on any atom is 0.318 e. The fraction of sp³-hybridized carbons (Fsp3) is 0.935. The molecule has 0 bridgehead atoms. The molecule has 4 saturated carbocycles. The molecule has 1 spiro atoms. The van der Waals surface area contributed by atoms with Gasteiger partial charge in [0.25, 0.3) is 0 Å². The van der Waals surface area contributed by atoms with Crippen LogP contribution in [0.1, 0.15) is 119 Å². The topological polar surface area (TPSA) is 86.8 Å². The highest BCUT2D eigenvalue weighted by atomic mass is 32.2. The Bertz CT molecular complexity index is 1090. The van der Waals surface area contributed by atoms with E-state index >= 15 is 0 Å². The predicted octanol–water partition coefficient (Wildman–Crippen LogP) is 5.53. The van der Waals surface area contributed by atoms with Crippen LogP contribution in [0.2, 0.25) is 0 Å². The molecule has 39 heavy (non-hydrogen) atoms. The van der Waals surface area contributed by atoms with Crippen molar-refractivity contribution < 1.29 is 18.0 Å². The minimum atomic E-state index is -3.44. The average molecular weight is 564 g/mol. The molecule has 1 saturated heterocycles. The lowest BCUT2D eigenvalue weighted by molar-refractivity contribution is -0.143. The van der Waals surface area contributed by atoms with Gasteiger partial charge in [-0.05, 0) is 89.4 Å². The van der Waals surface area contributed by atoms with Gasteiger partial charge in [-0.1, -0.05) is 52.4 Å². The molecule has 1 heterocycles. The SMILES string of the molecule is CN(C(=O)NC(C)(C(=O)N1CC2C(C2(C)C)C12CC2)C1CCCCC1)C1(CS(=O)(=O)C(C)(C)C)CCCCC1. The van der Waals surface area contributed by atoms with E-state index in [1.807, 2.05) is 6.92 Å². The Balaban J connectivity index is 1.42. The minimum Gasteiger partial charge on any atom is -0.334 e. The highest BCUT2D eigenvalue weighted by Crippen LogP contribution is 2.75. The number of nitrogens with one attached hydrogen (secondary N) is 1. The molecule has 5 fully saturated rings. The van der Waals surface area contributed by atoms with E-state index in [0.29, 0.717) is 30.1 Å². The average Bonchev–Trinajstić information content (AvgIpc) is 3.71. The standard InChI is InChI=1S/C31H53N3O4S/c1-27(2,3)39(37,38)21-30(16-12-9-13-17-30)33(7)26(36)32-29(6,22-14-10-8-11-15-22)25(35)34-20-23-24(28(23,4)5)31(34)18-19-31/h22-24H,8-21H2,1-7H3,(H,32,36). The second-order valence-electron chi connectivity index (χ2n) is 15.6. The molecule has 8 heteroatoms. The van der Waals surface area contributed by atoms with Gasteiger partial charge >= 0.3 is 6.03 Å². The number of rotatable bonds is 6. The number of hydrogen-bond donors (Lipinski definition) is 1. The largest absolute Gasteiger partial charge is 0.334 e. The van der Waals surface area contributed by atoms with E-state index in [-0.39, 0.29) is 29.1 Å². The number of hydrogen-bond acceptors (Lipinski definition) is 4. The summed E-state index contributed by atoms with van der Waals surface area (Å²) in [6.07, 6.45) is 11.6. The first kappa shape index (κ1) is 29.2. The lowest BCUT2D eigenvalue weighted by Gasteiger charge is -2.48. The van der Waals surface area contributed by atoms with Gasteiger partial charge in [0.1, 0.15) is 5.54 Å². The van der Waals surface area contributed by atoms with Crippen LogP contribution in [0.3, 0.4) is 0 Å². The number of nitrogens with zero attached hydrogens (tertiary/aromatic N) is 2. The second kappa shape index (κ2) is 9.35. The van der Waals surface area contributed by atoms with Gasteiger partial charge in [0.15, 0.2) is 9.84 Å². The molecule has 1 N–H and O–H groups in total. The van der Waals surface area contributed by atoms with Crippen molar-refractivity contribution in [2.24, 2.45) is 23.2 Å². The molecule has 0 aromatic heterocycles. The monoisotopic (exact) mass is 563 g/mol. The molecule has 222 valence electrons. The van der Waals surface area contributed by atoms with Gasteiger partial charge in [-0.15, -0.1) is 0 Å². The summed E-state index contributed by atoms with van der Waals surface area (Å²) in [6.45, 7) is 12.7. The van der Waals surface area contributed by atoms with E-state index in [9.17, 15) is 18.0 Å². The van der Waals surface area contributed by atoms with E-state index in [1.165, 1.54) is 6.42 Å². The van der Waals surface area contributed by atoms with Crippen molar-refractivity contribution in [3.63, 3.8) is 0 Å². The third-order valence-corrected chi connectivity index (χ3v) is 14.8. The van der Waals surface area contributed by atoms with Crippen molar-refractivity contribution in [2.75, 3.05) is 19.3 Å². The van der Waals surface area contributed by atoms with E-state index < -0.39 is 25.7 Å². The van der Waals surface area contributed by atoms with Crippen LogP contribution in [-0.2, 0) is 14.6 Å². The number of piperidine rings is 1. The molecule has 3 unspecified atom stereocenters. The molecule has 7 nitrogen and oxygen atoms in total. The van der Waals surface area contributed by atoms with E-state index in [4.69, 9.17) is 0 Å².